The number of carbonyl (C=O) groups excluding carboxylic acids is 1. The van der Waals surface area contributed by atoms with E-state index in [1.807, 2.05) is 12.1 Å². The molecule has 2 aromatic rings. The Kier molecular flexibility index (Phi) is 5.95. The molecule has 2 rings (SSSR count). The molecular formula is C17H18F2N2O3. The predicted octanol–water partition coefficient (Wildman–Crippen LogP) is 3.35. The molecule has 7 heteroatoms. The molecule has 0 radical (unpaired) electrons. The summed E-state index contributed by atoms with van der Waals surface area (Å²) in [5, 5.41) is 4.93. The van der Waals surface area contributed by atoms with Crippen LogP contribution < -0.4 is 20.1 Å². The molecule has 24 heavy (non-hydrogen) atoms. The van der Waals surface area contributed by atoms with Crippen molar-refractivity contribution in [3.8, 4) is 11.5 Å². The maximum atomic E-state index is 13.4. The highest BCUT2D eigenvalue weighted by Gasteiger charge is 2.08. The molecule has 0 aliphatic rings. The fourth-order valence-electron chi connectivity index (χ4n) is 2.11. The summed E-state index contributed by atoms with van der Waals surface area (Å²) >= 11 is 0. The molecule has 0 heterocycles. The molecule has 0 saturated heterocycles. The van der Waals surface area contributed by atoms with E-state index in [4.69, 9.17) is 9.47 Å². The zero-order valence-electron chi connectivity index (χ0n) is 13.4. The first kappa shape index (κ1) is 17.5. The van der Waals surface area contributed by atoms with Gasteiger partial charge in [0.05, 0.1) is 19.9 Å². The lowest BCUT2D eigenvalue weighted by Gasteiger charge is -2.11. The number of amides is 2. The molecule has 5 nitrogen and oxygen atoms in total. The number of halogens is 2. The van der Waals surface area contributed by atoms with Crippen LogP contribution in [-0.2, 0) is 6.42 Å². The van der Waals surface area contributed by atoms with Crippen molar-refractivity contribution in [2.75, 3.05) is 26.1 Å². The Morgan fingerprint density at radius 1 is 1.04 bits per heavy atom. The summed E-state index contributed by atoms with van der Waals surface area (Å²) in [5.41, 5.74) is 0.862. The van der Waals surface area contributed by atoms with Crippen LogP contribution in [0.5, 0.6) is 11.5 Å². The molecule has 0 saturated carbocycles. The van der Waals surface area contributed by atoms with Gasteiger partial charge in [-0.05, 0) is 36.2 Å². The van der Waals surface area contributed by atoms with Crippen molar-refractivity contribution in [2.24, 2.45) is 0 Å². The fraction of sp³-hybridized carbons (Fsp3) is 0.235. The maximum Gasteiger partial charge on any atom is 0.319 e. The average molecular weight is 336 g/mol. The number of urea groups is 1. The molecule has 0 fully saturated rings. The maximum absolute atomic E-state index is 13.4. The van der Waals surface area contributed by atoms with Gasteiger partial charge in [0.25, 0.3) is 0 Å². The molecule has 0 atom stereocenters. The van der Waals surface area contributed by atoms with Gasteiger partial charge in [-0.25, -0.2) is 13.6 Å². The Hall–Kier alpha value is -2.83. The van der Waals surface area contributed by atoms with E-state index >= 15 is 0 Å². The monoisotopic (exact) mass is 336 g/mol. The van der Waals surface area contributed by atoms with Crippen LogP contribution in [0.4, 0.5) is 19.3 Å². The van der Waals surface area contributed by atoms with Crippen molar-refractivity contribution >= 4 is 11.7 Å². The second kappa shape index (κ2) is 8.14. The van der Waals surface area contributed by atoms with Gasteiger partial charge in [-0.15, -0.1) is 0 Å². The van der Waals surface area contributed by atoms with Crippen LogP contribution in [-0.4, -0.2) is 26.8 Å². The summed E-state index contributed by atoms with van der Waals surface area (Å²) < 4.78 is 36.6. The van der Waals surface area contributed by atoms with Crippen molar-refractivity contribution in [3.05, 3.63) is 53.6 Å². The van der Waals surface area contributed by atoms with Crippen LogP contribution in [0.3, 0.4) is 0 Å². The third-order valence-electron chi connectivity index (χ3n) is 3.33. The third-order valence-corrected chi connectivity index (χ3v) is 3.33. The molecule has 2 N–H and O–H groups in total. The van der Waals surface area contributed by atoms with Gasteiger partial charge in [0.15, 0.2) is 11.5 Å². The molecule has 0 aromatic heterocycles. The summed E-state index contributed by atoms with van der Waals surface area (Å²) in [6.07, 6.45) is 0.555. The van der Waals surface area contributed by atoms with Gasteiger partial charge < -0.3 is 20.1 Å². The lowest BCUT2D eigenvalue weighted by atomic mass is 10.1. The number of rotatable bonds is 6. The molecule has 2 aromatic carbocycles. The molecule has 0 aliphatic heterocycles. The topological polar surface area (TPSA) is 59.6 Å². The minimum atomic E-state index is -0.829. The second-order valence-corrected chi connectivity index (χ2v) is 4.94. The highest BCUT2D eigenvalue weighted by atomic mass is 19.1. The third kappa shape index (κ3) is 4.58. The summed E-state index contributed by atoms with van der Waals surface area (Å²) in [6, 6.07) is 7.84. The number of nitrogens with one attached hydrogen (secondary N) is 2. The van der Waals surface area contributed by atoms with Crippen molar-refractivity contribution in [1.29, 1.82) is 0 Å². The summed E-state index contributed by atoms with van der Waals surface area (Å²) in [7, 11) is 3.10. The minimum absolute atomic E-state index is 0.0833. The number of ether oxygens (including phenoxy) is 2. The Morgan fingerprint density at radius 3 is 2.46 bits per heavy atom. The van der Waals surface area contributed by atoms with Gasteiger partial charge in [-0.3, -0.25) is 0 Å². The van der Waals surface area contributed by atoms with Crippen molar-refractivity contribution in [2.45, 2.75) is 6.42 Å². The van der Waals surface area contributed by atoms with E-state index in [2.05, 4.69) is 10.6 Å². The highest BCUT2D eigenvalue weighted by Crippen LogP contribution is 2.27. The predicted molar refractivity (Wildman–Crippen MR) is 86.6 cm³/mol. The van der Waals surface area contributed by atoms with E-state index in [0.29, 0.717) is 30.5 Å². The Bertz CT molecular complexity index is 723. The van der Waals surface area contributed by atoms with Crippen molar-refractivity contribution in [3.63, 3.8) is 0 Å². The number of hydrogen-bond acceptors (Lipinski definition) is 3. The molecule has 128 valence electrons. The Morgan fingerprint density at radius 2 is 1.79 bits per heavy atom. The number of methoxy groups -OCH3 is 2. The van der Waals surface area contributed by atoms with E-state index in [1.54, 1.807) is 20.3 Å². The van der Waals surface area contributed by atoms with Gasteiger partial charge in [-0.2, -0.15) is 0 Å². The molecule has 0 aliphatic carbocycles. The number of hydrogen-bond donors (Lipinski definition) is 2. The van der Waals surface area contributed by atoms with E-state index in [9.17, 15) is 13.6 Å². The number of anilines is 1. The largest absolute Gasteiger partial charge is 0.493 e. The molecular weight excluding hydrogens is 318 g/mol. The minimum Gasteiger partial charge on any atom is -0.493 e. The highest BCUT2D eigenvalue weighted by molar-refractivity contribution is 5.89. The summed E-state index contributed by atoms with van der Waals surface area (Å²) in [4.78, 5) is 11.7. The van der Waals surface area contributed by atoms with E-state index in [1.165, 1.54) is 6.07 Å². The number of carbonyl (C=O) groups is 1. The fourth-order valence-corrected chi connectivity index (χ4v) is 2.11. The Labute approximate surface area is 138 Å². The van der Waals surface area contributed by atoms with Gasteiger partial charge in [0.2, 0.25) is 0 Å². The second-order valence-electron chi connectivity index (χ2n) is 4.94. The first-order chi connectivity index (χ1) is 11.5. The molecule has 0 bridgehead atoms. The average Bonchev–Trinajstić information content (AvgIpc) is 2.57. The standard InChI is InChI=1S/C17H18F2N2O3/c1-23-15-6-3-11(9-16(15)24-2)7-8-20-17(22)21-14-5-4-12(18)10-13(14)19/h3-6,9-10H,7-8H2,1-2H3,(H2,20,21,22). The quantitative estimate of drug-likeness (QED) is 0.850. The summed E-state index contributed by atoms with van der Waals surface area (Å²) in [5.74, 6) is -0.302. The van der Waals surface area contributed by atoms with Crippen LogP contribution in [0, 0.1) is 11.6 Å². The molecule has 0 spiro atoms. The van der Waals surface area contributed by atoms with Crippen LogP contribution >= 0.6 is 0 Å². The van der Waals surface area contributed by atoms with E-state index in [-0.39, 0.29) is 5.69 Å². The van der Waals surface area contributed by atoms with Crippen molar-refractivity contribution in [1.82, 2.24) is 5.32 Å². The first-order valence-corrected chi connectivity index (χ1v) is 7.24. The smallest absolute Gasteiger partial charge is 0.319 e. The van der Waals surface area contributed by atoms with E-state index in [0.717, 1.165) is 11.6 Å². The lowest BCUT2D eigenvalue weighted by Crippen LogP contribution is -2.30. The van der Waals surface area contributed by atoms with Crippen LogP contribution in [0.2, 0.25) is 0 Å². The van der Waals surface area contributed by atoms with Gasteiger partial charge >= 0.3 is 6.03 Å². The summed E-state index contributed by atoms with van der Waals surface area (Å²) in [6.45, 7) is 0.337. The normalized spacial score (nSPS) is 10.2. The van der Waals surface area contributed by atoms with Crippen LogP contribution in [0.25, 0.3) is 0 Å². The van der Waals surface area contributed by atoms with E-state index < -0.39 is 17.7 Å². The molecule has 0 unspecified atom stereocenters. The lowest BCUT2D eigenvalue weighted by molar-refractivity contribution is 0.252. The van der Waals surface area contributed by atoms with Crippen LogP contribution in [0.15, 0.2) is 36.4 Å². The van der Waals surface area contributed by atoms with Gasteiger partial charge in [0, 0.05) is 12.6 Å². The zero-order chi connectivity index (χ0) is 17.5. The SMILES string of the molecule is COc1ccc(CCNC(=O)Nc2ccc(F)cc2F)cc1OC. The zero-order valence-corrected chi connectivity index (χ0v) is 13.4. The molecule has 2 amide bonds. The van der Waals surface area contributed by atoms with Crippen molar-refractivity contribution < 1.29 is 23.0 Å². The van der Waals surface area contributed by atoms with Crippen LogP contribution in [0.1, 0.15) is 5.56 Å². The number of benzene rings is 2. The Balaban J connectivity index is 1.86. The first-order valence-electron chi connectivity index (χ1n) is 7.24. The van der Waals surface area contributed by atoms with Gasteiger partial charge in [0.1, 0.15) is 11.6 Å². The van der Waals surface area contributed by atoms with Gasteiger partial charge in [-0.1, -0.05) is 6.07 Å².